The summed E-state index contributed by atoms with van der Waals surface area (Å²) in [4.78, 5) is 18.7. The second-order valence-electron chi connectivity index (χ2n) is 5.97. The van der Waals surface area contributed by atoms with Gasteiger partial charge in [0.2, 0.25) is 0 Å². The maximum atomic E-state index is 12.0. The number of carbonyl (C=O) groups is 1. The van der Waals surface area contributed by atoms with Crippen molar-refractivity contribution in [2.45, 2.75) is 13.5 Å². The van der Waals surface area contributed by atoms with Gasteiger partial charge in [0.05, 0.1) is 18.1 Å². The number of amides is 1. The molecule has 7 heteroatoms. The molecule has 0 aliphatic heterocycles. The Morgan fingerprint density at radius 3 is 2.62 bits per heavy atom. The van der Waals surface area contributed by atoms with Crippen molar-refractivity contribution in [1.29, 1.82) is 0 Å². The van der Waals surface area contributed by atoms with Crippen molar-refractivity contribution in [2.24, 2.45) is 12.0 Å². The summed E-state index contributed by atoms with van der Waals surface area (Å²) in [5.74, 6) is 0.705. The number of guanidine groups is 1. The lowest BCUT2D eigenvalue weighted by atomic mass is 10.2. The van der Waals surface area contributed by atoms with Crippen molar-refractivity contribution in [3.8, 4) is 0 Å². The molecule has 0 saturated carbocycles. The summed E-state index contributed by atoms with van der Waals surface area (Å²) in [7, 11) is 3.95. The molecular formula is C19H26ClN5O. The summed E-state index contributed by atoms with van der Waals surface area (Å²) in [6.07, 6.45) is 1.88. The van der Waals surface area contributed by atoms with Crippen LogP contribution >= 0.6 is 11.6 Å². The van der Waals surface area contributed by atoms with E-state index >= 15 is 0 Å². The highest BCUT2D eigenvalue weighted by molar-refractivity contribution is 6.30. The van der Waals surface area contributed by atoms with E-state index < -0.39 is 0 Å². The fraction of sp³-hybridized carbons (Fsp3) is 0.368. The lowest BCUT2D eigenvalue weighted by molar-refractivity contribution is 0.0955. The van der Waals surface area contributed by atoms with Crippen LogP contribution in [0.3, 0.4) is 0 Å². The standard InChI is InChI=1S/C19H26ClN5O/c1-4-21-19(25(3)14-17-12-16(20)13-24(17)2)23-11-10-22-18(26)15-8-6-5-7-9-15/h5-9,12-13H,4,10-11,14H2,1-3H3,(H,21,23)(H,22,26). The molecule has 0 unspecified atom stereocenters. The molecule has 0 atom stereocenters. The van der Waals surface area contributed by atoms with E-state index in [0.29, 0.717) is 25.2 Å². The van der Waals surface area contributed by atoms with Gasteiger partial charge in [-0.15, -0.1) is 0 Å². The van der Waals surface area contributed by atoms with E-state index in [2.05, 4.69) is 15.6 Å². The minimum absolute atomic E-state index is 0.0855. The molecule has 1 amide bonds. The van der Waals surface area contributed by atoms with E-state index in [1.54, 1.807) is 12.1 Å². The van der Waals surface area contributed by atoms with Gasteiger partial charge in [-0.05, 0) is 25.1 Å². The third-order valence-electron chi connectivity index (χ3n) is 3.87. The van der Waals surface area contributed by atoms with Crippen LogP contribution < -0.4 is 10.6 Å². The van der Waals surface area contributed by atoms with Crippen molar-refractivity contribution in [3.05, 3.63) is 58.9 Å². The predicted molar refractivity (Wildman–Crippen MR) is 107 cm³/mol. The number of hydrogen-bond acceptors (Lipinski definition) is 2. The van der Waals surface area contributed by atoms with Crippen LogP contribution in [0.4, 0.5) is 0 Å². The van der Waals surface area contributed by atoms with Crippen LogP contribution in [0.2, 0.25) is 5.02 Å². The fourth-order valence-electron chi connectivity index (χ4n) is 2.53. The third-order valence-corrected chi connectivity index (χ3v) is 4.07. The highest BCUT2D eigenvalue weighted by Gasteiger charge is 2.10. The smallest absolute Gasteiger partial charge is 0.251 e. The number of nitrogens with zero attached hydrogens (tertiary/aromatic N) is 3. The molecule has 0 aliphatic carbocycles. The van der Waals surface area contributed by atoms with Gasteiger partial charge in [-0.2, -0.15) is 0 Å². The molecule has 2 aromatic rings. The average molecular weight is 376 g/mol. The fourth-order valence-corrected chi connectivity index (χ4v) is 2.81. The number of benzene rings is 1. The SMILES string of the molecule is CCNC(=NCCNC(=O)c1ccccc1)N(C)Cc1cc(Cl)cn1C. The molecule has 0 spiro atoms. The molecule has 2 rings (SSSR count). The zero-order valence-electron chi connectivity index (χ0n) is 15.5. The Morgan fingerprint density at radius 2 is 2.00 bits per heavy atom. The van der Waals surface area contributed by atoms with Crippen molar-refractivity contribution in [2.75, 3.05) is 26.7 Å². The van der Waals surface area contributed by atoms with E-state index in [0.717, 1.165) is 23.2 Å². The molecular weight excluding hydrogens is 350 g/mol. The third kappa shape index (κ3) is 5.81. The summed E-state index contributed by atoms with van der Waals surface area (Å²) in [5, 5.41) is 6.88. The monoisotopic (exact) mass is 375 g/mol. The van der Waals surface area contributed by atoms with Crippen LogP contribution in [-0.4, -0.2) is 48.0 Å². The molecule has 1 aromatic heterocycles. The summed E-state index contributed by atoms with van der Waals surface area (Å²) in [6, 6.07) is 11.1. The molecule has 0 fully saturated rings. The van der Waals surface area contributed by atoms with Gasteiger partial charge in [-0.25, -0.2) is 0 Å². The summed E-state index contributed by atoms with van der Waals surface area (Å²) in [5.41, 5.74) is 1.75. The summed E-state index contributed by atoms with van der Waals surface area (Å²) in [6.45, 7) is 4.46. The van der Waals surface area contributed by atoms with Gasteiger partial charge in [0, 0.05) is 44.6 Å². The molecule has 0 aliphatic rings. The van der Waals surface area contributed by atoms with Gasteiger partial charge in [0.1, 0.15) is 0 Å². The number of aliphatic imine (C=N–C) groups is 1. The Balaban J connectivity index is 1.89. The number of halogens is 1. The normalized spacial score (nSPS) is 11.3. The molecule has 2 N–H and O–H groups in total. The van der Waals surface area contributed by atoms with Crippen LogP contribution in [0.15, 0.2) is 47.6 Å². The van der Waals surface area contributed by atoms with Crippen LogP contribution in [0.5, 0.6) is 0 Å². The largest absolute Gasteiger partial charge is 0.357 e. The van der Waals surface area contributed by atoms with Gasteiger partial charge < -0.3 is 20.1 Å². The van der Waals surface area contributed by atoms with E-state index in [-0.39, 0.29) is 5.91 Å². The first-order valence-corrected chi connectivity index (χ1v) is 9.02. The molecule has 6 nitrogen and oxygen atoms in total. The molecule has 140 valence electrons. The van der Waals surface area contributed by atoms with Crippen LogP contribution in [0.1, 0.15) is 23.0 Å². The Kier molecular flexibility index (Phi) is 7.53. The van der Waals surface area contributed by atoms with Gasteiger partial charge in [0.15, 0.2) is 5.96 Å². The number of aryl methyl sites for hydroxylation is 1. The molecule has 1 aromatic carbocycles. The highest BCUT2D eigenvalue weighted by Crippen LogP contribution is 2.14. The molecule has 0 saturated heterocycles. The number of rotatable bonds is 7. The van der Waals surface area contributed by atoms with Crippen molar-refractivity contribution in [3.63, 3.8) is 0 Å². The van der Waals surface area contributed by atoms with Crippen LogP contribution in [0, 0.1) is 0 Å². The second kappa shape index (κ2) is 9.87. The molecule has 0 radical (unpaired) electrons. The Bertz CT molecular complexity index is 742. The maximum absolute atomic E-state index is 12.0. The number of hydrogen-bond donors (Lipinski definition) is 2. The van der Waals surface area contributed by atoms with E-state index in [1.807, 2.05) is 60.9 Å². The zero-order chi connectivity index (χ0) is 18.9. The van der Waals surface area contributed by atoms with Crippen LogP contribution in [-0.2, 0) is 13.6 Å². The quantitative estimate of drug-likeness (QED) is 0.444. The van der Waals surface area contributed by atoms with E-state index in [1.165, 1.54) is 0 Å². The number of aromatic nitrogens is 1. The summed E-state index contributed by atoms with van der Waals surface area (Å²) < 4.78 is 2.00. The Morgan fingerprint density at radius 1 is 1.27 bits per heavy atom. The number of nitrogens with one attached hydrogen (secondary N) is 2. The topological polar surface area (TPSA) is 61.7 Å². The van der Waals surface area contributed by atoms with Crippen molar-refractivity contribution < 1.29 is 4.79 Å². The first-order chi connectivity index (χ1) is 12.5. The van der Waals surface area contributed by atoms with Gasteiger partial charge >= 0.3 is 0 Å². The second-order valence-corrected chi connectivity index (χ2v) is 6.41. The Labute approximate surface area is 159 Å². The first-order valence-electron chi connectivity index (χ1n) is 8.64. The lowest BCUT2D eigenvalue weighted by Crippen LogP contribution is -2.39. The van der Waals surface area contributed by atoms with Gasteiger partial charge in [-0.1, -0.05) is 29.8 Å². The maximum Gasteiger partial charge on any atom is 0.251 e. The predicted octanol–water partition coefficient (Wildman–Crippen LogP) is 2.51. The van der Waals surface area contributed by atoms with Crippen molar-refractivity contribution in [1.82, 2.24) is 20.1 Å². The highest BCUT2D eigenvalue weighted by atomic mass is 35.5. The van der Waals surface area contributed by atoms with Crippen molar-refractivity contribution >= 4 is 23.5 Å². The van der Waals surface area contributed by atoms with Gasteiger partial charge in [-0.3, -0.25) is 9.79 Å². The number of carbonyl (C=O) groups excluding carboxylic acids is 1. The lowest BCUT2D eigenvalue weighted by Gasteiger charge is -2.22. The molecule has 0 bridgehead atoms. The minimum atomic E-state index is -0.0855. The molecule has 1 heterocycles. The average Bonchev–Trinajstić information content (AvgIpc) is 2.95. The van der Waals surface area contributed by atoms with Gasteiger partial charge in [0.25, 0.3) is 5.91 Å². The summed E-state index contributed by atoms with van der Waals surface area (Å²) >= 11 is 6.05. The zero-order valence-corrected chi connectivity index (χ0v) is 16.3. The van der Waals surface area contributed by atoms with Crippen LogP contribution in [0.25, 0.3) is 0 Å². The van der Waals surface area contributed by atoms with E-state index in [9.17, 15) is 4.79 Å². The first kappa shape index (κ1) is 19.8. The van der Waals surface area contributed by atoms with E-state index in [4.69, 9.17) is 11.6 Å². The molecule has 26 heavy (non-hydrogen) atoms. The minimum Gasteiger partial charge on any atom is -0.357 e. The Hall–Kier alpha value is -2.47.